The fourth-order valence-electron chi connectivity index (χ4n) is 1.40. The van der Waals surface area contributed by atoms with Gasteiger partial charge in [-0.05, 0) is 13.0 Å². The zero-order chi connectivity index (χ0) is 13.7. The summed E-state index contributed by atoms with van der Waals surface area (Å²) in [7, 11) is 2.93. The van der Waals surface area contributed by atoms with Crippen molar-refractivity contribution in [1.29, 1.82) is 0 Å². The Balaban J connectivity index is 3.20. The van der Waals surface area contributed by atoms with Crippen LogP contribution < -0.4 is 19.9 Å². The van der Waals surface area contributed by atoms with E-state index in [4.69, 9.17) is 19.9 Å². The summed E-state index contributed by atoms with van der Waals surface area (Å²) < 4.78 is 15.3. The number of ketones is 1. The minimum absolute atomic E-state index is 0.213. The topological polar surface area (TPSA) is 87.9 Å². The molecule has 1 aromatic carbocycles. The van der Waals surface area contributed by atoms with Gasteiger partial charge in [0.15, 0.2) is 23.9 Å². The van der Waals surface area contributed by atoms with Crippen molar-refractivity contribution in [3.05, 3.63) is 17.7 Å². The van der Waals surface area contributed by atoms with Crippen LogP contribution in [0.15, 0.2) is 12.1 Å². The third-order valence-corrected chi connectivity index (χ3v) is 2.23. The first kappa shape index (κ1) is 13.8. The summed E-state index contributed by atoms with van der Waals surface area (Å²) in [6.07, 6.45) is 0. The second-order valence-electron chi connectivity index (χ2n) is 3.51. The maximum Gasteiger partial charge on any atom is 0.255 e. The molecular formula is C12H15NO5. The zero-order valence-electron chi connectivity index (χ0n) is 10.5. The van der Waals surface area contributed by atoms with Gasteiger partial charge >= 0.3 is 0 Å². The van der Waals surface area contributed by atoms with Gasteiger partial charge in [-0.1, -0.05) is 0 Å². The van der Waals surface area contributed by atoms with E-state index in [1.165, 1.54) is 33.3 Å². The molecule has 0 saturated heterocycles. The normalized spacial score (nSPS) is 9.72. The number of rotatable bonds is 6. The summed E-state index contributed by atoms with van der Waals surface area (Å²) in [5.74, 6) is 0.213. The first-order valence-electron chi connectivity index (χ1n) is 5.17. The highest BCUT2D eigenvalue weighted by molar-refractivity contribution is 5.97. The minimum Gasteiger partial charge on any atom is -0.493 e. The van der Waals surface area contributed by atoms with E-state index in [1.54, 1.807) is 0 Å². The number of carbonyl (C=O) groups excluding carboxylic acids is 2. The molecule has 1 aromatic rings. The second kappa shape index (κ2) is 5.90. The second-order valence-corrected chi connectivity index (χ2v) is 3.51. The van der Waals surface area contributed by atoms with Crippen LogP contribution in [-0.2, 0) is 4.79 Å². The summed E-state index contributed by atoms with van der Waals surface area (Å²) in [5, 5.41) is 0. The number of carbonyl (C=O) groups is 2. The predicted octanol–water partition coefficient (Wildman–Crippen LogP) is 0.771. The van der Waals surface area contributed by atoms with Crippen molar-refractivity contribution in [3.8, 4) is 17.2 Å². The molecule has 6 nitrogen and oxygen atoms in total. The Morgan fingerprint density at radius 2 is 1.67 bits per heavy atom. The number of Topliss-reactive ketones (excluding diaryl/α,β-unsaturated/α-hetero) is 1. The van der Waals surface area contributed by atoms with Gasteiger partial charge in [0.05, 0.1) is 19.8 Å². The molecule has 0 bridgehead atoms. The van der Waals surface area contributed by atoms with E-state index in [0.717, 1.165) is 0 Å². The van der Waals surface area contributed by atoms with Gasteiger partial charge in [0.25, 0.3) is 5.91 Å². The molecule has 0 spiro atoms. The highest BCUT2D eigenvalue weighted by Gasteiger charge is 2.15. The number of ether oxygens (including phenoxy) is 3. The van der Waals surface area contributed by atoms with E-state index in [0.29, 0.717) is 17.1 Å². The zero-order valence-corrected chi connectivity index (χ0v) is 10.5. The van der Waals surface area contributed by atoms with Crippen LogP contribution in [0.5, 0.6) is 17.2 Å². The molecular weight excluding hydrogens is 238 g/mol. The molecule has 98 valence electrons. The van der Waals surface area contributed by atoms with Crippen molar-refractivity contribution in [2.75, 3.05) is 20.8 Å². The molecule has 0 radical (unpaired) electrons. The monoisotopic (exact) mass is 253 g/mol. The van der Waals surface area contributed by atoms with Crippen molar-refractivity contribution in [3.63, 3.8) is 0 Å². The Labute approximate surface area is 105 Å². The van der Waals surface area contributed by atoms with E-state index < -0.39 is 5.91 Å². The largest absolute Gasteiger partial charge is 0.493 e. The van der Waals surface area contributed by atoms with E-state index >= 15 is 0 Å². The minimum atomic E-state index is -0.626. The Morgan fingerprint density at radius 3 is 2.11 bits per heavy atom. The molecule has 0 aromatic heterocycles. The number of hydrogen-bond donors (Lipinski definition) is 1. The number of methoxy groups -OCH3 is 2. The maximum absolute atomic E-state index is 11.5. The highest BCUT2D eigenvalue weighted by atomic mass is 16.5. The molecule has 0 aliphatic heterocycles. The Morgan fingerprint density at radius 1 is 1.11 bits per heavy atom. The predicted molar refractivity (Wildman–Crippen MR) is 64.2 cm³/mol. The Hall–Kier alpha value is -2.24. The van der Waals surface area contributed by atoms with Gasteiger partial charge < -0.3 is 19.9 Å². The van der Waals surface area contributed by atoms with Gasteiger partial charge in [0, 0.05) is 6.07 Å². The number of benzene rings is 1. The van der Waals surface area contributed by atoms with Gasteiger partial charge in [-0.15, -0.1) is 0 Å². The molecule has 0 heterocycles. The lowest BCUT2D eigenvalue weighted by atomic mass is 10.1. The van der Waals surface area contributed by atoms with Crippen LogP contribution in [0.1, 0.15) is 17.3 Å². The molecule has 0 fully saturated rings. The molecule has 0 saturated carbocycles. The number of hydrogen-bond acceptors (Lipinski definition) is 5. The molecule has 1 rings (SSSR count). The molecule has 2 N–H and O–H groups in total. The maximum atomic E-state index is 11.5. The summed E-state index contributed by atoms with van der Waals surface area (Å²) in [6, 6.07) is 2.98. The molecule has 6 heteroatoms. The fraction of sp³-hybridized carbons (Fsp3) is 0.333. The summed E-state index contributed by atoms with van der Waals surface area (Å²) >= 11 is 0. The van der Waals surface area contributed by atoms with Crippen molar-refractivity contribution in [2.45, 2.75) is 6.92 Å². The highest BCUT2D eigenvalue weighted by Crippen LogP contribution is 2.34. The van der Waals surface area contributed by atoms with Crippen LogP contribution in [0.2, 0.25) is 0 Å². The first-order valence-corrected chi connectivity index (χ1v) is 5.17. The average molecular weight is 253 g/mol. The van der Waals surface area contributed by atoms with E-state index in [9.17, 15) is 9.59 Å². The third kappa shape index (κ3) is 3.13. The summed E-state index contributed by atoms with van der Waals surface area (Å²) in [6.45, 7) is 1.08. The van der Waals surface area contributed by atoms with Gasteiger partial charge in [0.1, 0.15) is 5.75 Å². The quantitative estimate of drug-likeness (QED) is 0.756. The van der Waals surface area contributed by atoms with Crippen molar-refractivity contribution in [2.24, 2.45) is 5.73 Å². The fourth-order valence-corrected chi connectivity index (χ4v) is 1.40. The first-order chi connectivity index (χ1) is 8.49. The van der Waals surface area contributed by atoms with Crippen molar-refractivity contribution < 1.29 is 23.8 Å². The molecule has 0 aliphatic carbocycles. The van der Waals surface area contributed by atoms with Crippen molar-refractivity contribution in [1.82, 2.24) is 0 Å². The standard InChI is InChI=1S/C12H15NO5/c1-7(14)8-4-10(16-2)11(17-3)5-9(8)18-6-12(13)15/h4-5H,6H2,1-3H3,(H2,13,15). The lowest BCUT2D eigenvalue weighted by Gasteiger charge is -2.13. The molecule has 1 amide bonds. The number of primary amides is 1. The van der Waals surface area contributed by atoms with Crippen LogP contribution in [0.25, 0.3) is 0 Å². The van der Waals surface area contributed by atoms with Crippen LogP contribution >= 0.6 is 0 Å². The number of nitrogens with two attached hydrogens (primary N) is 1. The molecule has 18 heavy (non-hydrogen) atoms. The van der Waals surface area contributed by atoms with Gasteiger partial charge in [-0.3, -0.25) is 9.59 Å². The van der Waals surface area contributed by atoms with Crippen molar-refractivity contribution >= 4 is 11.7 Å². The van der Waals surface area contributed by atoms with Crippen LogP contribution in [0, 0.1) is 0 Å². The Bertz CT molecular complexity index is 470. The lowest BCUT2D eigenvalue weighted by Crippen LogP contribution is -2.20. The van der Waals surface area contributed by atoms with Crippen LogP contribution in [0.3, 0.4) is 0 Å². The average Bonchev–Trinajstić information content (AvgIpc) is 2.34. The third-order valence-electron chi connectivity index (χ3n) is 2.23. The van der Waals surface area contributed by atoms with E-state index in [2.05, 4.69) is 0 Å². The molecule has 0 atom stereocenters. The van der Waals surface area contributed by atoms with Crippen LogP contribution in [0.4, 0.5) is 0 Å². The SMILES string of the molecule is COc1cc(OCC(N)=O)c(C(C)=O)cc1OC. The van der Waals surface area contributed by atoms with Crippen LogP contribution in [-0.4, -0.2) is 32.5 Å². The van der Waals surface area contributed by atoms with E-state index in [1.807, 2.05) is 0 Å². The van der Waals surface area contributed by atoms with E-state index in [-0.39, 0.29) is 18.1 Å². The molecule has 0 unspecified atom stereocenters. The Kier molecular flexibility index (Phi) is 4.53. The number of amides is 1. The van der Waals surface area contributed by atoms with Gasteiger partial charge in [0.2, 0.25) is 0 Å². The molecule has 0 aliphatic rings. The summed E-state index contributed by atoms with van der Waals surface area (Å²) in [4.78, 5) is 22.2. The smallest absolute Gasteiger partial charge is 0.255 e. The lowest BCUT2D eigenvalue weighted by molar-refractivity contribution is -0.119. The van der Waals surface area contributed by atoms with Gasteiger partial charge in [-0.2, -0.15) is 0 Å². The van der Waals surface area contributed by atoms with Gasteiger partial charge in [-0.25, -0.2) is 0 Å². The summed E-state index contributed by atoms with van der Waals surface area (Å²) in [5.41, 5.74) is 5.29.